The van der Waals surface area contributed by atoms with Crippen LogP contribution in [0.1, 0.15) is 11.5 Å². The summed E-state index contributed by atoms with van der Waals surface area (Å²) < 4.78 is 7.95. The van der Waals surface area contributed by atoms with Gasteiger partial charge in [0, 0.05) is 18.3 Å². The van der Waals surface area contributed by atoms with Crippen molar-refractivity contribution in [3.8, 4) is 0 Å². The summed E-state index contributed by atoms with van der Waals surface area (Å²) in [7, 11) is 0. The maximum Gasteiger partial charge on any atom is 0.199 e. The first-order chi connectivity index (χ1) is 8.24. The number of rotatable bonds is 2. The maximum absolute atomic E-state index is 11.6. The molecule has 0 atom stereocenters. The second-order valence-corrected chi connectivity index (χ2v) is 4.79. The van der Waals surface area contributed by atoms with Gasteiger partial charge in [0.25, 0.3) is 0 Å². The van der Waals surface area contributed by atoms with Gasteiger partial charge >= 0.3 is 0 Å². The number of hydrogen-bond donors (Lipinski definition) is 0. The molecular weight excluding hydrogens is 236 g/mol. The number of pyridine rings is 1. The molecule has 4 nitrogen and oxygen atoms in total. The van der Waals surface area contributed by atoms with Crippen LogP contribution in [0.15, 0.2) is 39.1 Å². The van der Waals surface area contributed by atoms with Crippen molar-refractivity contribution >= 4 is 21.6 Å². The van der Waals surface area contributed by atoms with Gasteiger partial charge in [-0.2, -0.15) is 0 Å². The van der Waals surface area contributed by atoms with Crippen molar-refractivity contribution in [3.05, 3.63) is 51.5 Å². The van der Waals surface area contributed by atoms with Gasteiger partial charge in [-0.25, -0.2) is 0 Å². The summed E-state index contributed by atoms with van der Waals surface area (Å²) in [4.78, 5) is 11.6. The van der Waals surface area contributed by atoms with Crippen LogP contribution in [0.4, 0.5) is 0 Å². The highest BCUT2D eigenvalue weighted by molar-refractivity contribution is 7.17. The smallest absolute Gasteiger partial charge is 0.199 e. The summed E-state index contributed by atoms with van der Waals surface area (Å²) >= 11 is 1.46. The second-order valence-electron chi connectivity index (χ2n) is 3.88. The highest BCUT2D eigenvalue weighted by Crippen LogP contribution is 2.17. The second kappa shape index (κ2) is 3.85. The fourth-order valence-corrected chi connectivity index (χ4v) is 2.65. The molecule has 0 saturated heterocycles. The average molecular weight is 246 g/mol. The molecule has 0 spiro atoms. The Bertz CT molecular complexity index is 723. The zero-order valence-corrected chi connectivity index (χ0v) is 10.0. The Kier molecular flexibility index (Phi) is 2.33. The van der Waals surface area contributed by atoms with Crippen LogP contribution in [-0.2, 0) is 6.54 Å². The van der Waals surface area contributed by atoms with Gasteiger partial charge in [0.2, 0.25) is 0 Å². The highest BCUT2D eigenvalue weighted by Gasteiger charge is 2.06. The van der Waals surface area contributed by atoms with Crippen LogP contribution in [0.3, 0.4) is 0 Å². The Balaban J connectivity index is 2.09. The summed E-state index contributed by atoms with van der Waals surface area (Å²) in [5.41, 5.74) is 1.87. The molecule has 0 saturated carbocycles. The molecule has 0 bridgehead atoms. The summed E-state index contributed by atoms with van der Waals surface area (Å²) in [6, 6.07) is 5.43. The summed E-state index contributed by atoms with van der Waals surface area (Å²) in [5.74, 6) is 0.790. The third-order valence-corrected chi connectivity index (χ3v) is 3.50. The lowest BCUT2D eigenvalue weighted by Gasteiger charge is -2.04. The van der Waals surface area contributed by atoms with Crippen LogP contribution in [0.2, 0.25) is 0 Å². The maximum atomic E-state index is 11.6. The lowest BCUT2D eigenvalue weighted by Crippen LogP contribution is -2.06. The van der Waals surface area contributed by atoms with E-state index < -0.39 is 0 Å². The molecule has 3 aromatic rings. The highest BCUT2D eigenvalue weighted by atomic mass is 32.1. The van der Waals surface area contributed by atoms with Crippen molar-refractivity contribution in [2.45, 2.75) is 13.5 Å². The number of hydrogen-bond acceptors (Lipinski definition) is 4. The van der Waals surface area contributed by atoms with E-state index in [-0.39, 0.29) is 5.43 Å². The zero-order valence-electron chi connectivity index (χ0n) is 9.21. The van der Waals surface area contributed by atoms with E-state index in [0.717, 1.165) is 21.7 Å². The molecule has 0 aliphatic rings. The standard InChI is InChI=1S/C12H10N2O2S/c1-8-6-9(16-13-8)7-14-4-2-11(15)12-10(14)3-5-17-12/h2-6H,7H2,1H3. The first-order valence-electron chi connectivity index (χ1n) is 5.23. The van der Waals surface area contributed by atoms with E-state index in [0.29, 0.717) is 6.54 Å². The lowest BCUT2D eigenvalue weighted by atomic mass is 10.3. The Morgan fingerprint density at radius 1 is 1.47 bits per heavy atom. The minimum Gasteiger partial charge on any atom is -0.359 e. The molecule has 3 aromatic heterocycles. The molecule has 0 aromatic carbocycles. The van der Waals surface area contributed by atoms with E-state index in [2.05, 4.69) is 5.16 Å². The van der Waals surface area contributed by atoms with Crippen molar-refractivity contribution in [2.24, 2.45) is 0 Å². The molecule has 0 aliphatic heterocycles. The van der Waals surface area contributed by atoms with Gasteiger partial charge in [0.05, 0.1) is 22.5 Å². The number of aromatic nitrogens is 2. The third kappa shape index (κ3) is 1.78. The lowest BCUT2D eigenvalue weighted by molar-refractivity contribution is 0.374. The molecule has 0 aliphatic carbocycles. The summed E-state index contributed by atoms with van der Waals surface area (Å²) in [6.07, 6.45) is 1.79. The number of aryl methyl sites for hydroxylation is 1. The van der Waals surface area contributed by atoms with Gasteiger partial charge in [0.15, 0.2) is 11.2 Å². The molecule has 0 amide bonds. The van der Waals surface area contributed by atoms with Crippen molar-refractivity contribution in [3.63, 3.8) is 0 Å². The SMILES string of the molecule is Cc1cc(Cn2ccc(=O)c3sccc32)on1. The predicted octanol–water partition coefficient (Wildman–Crippen LogP) is 2.41. The number of fused-ring (bicyclic) bond motifs is 1. The van der Waals surface area contributed by atoms with Gasteiger partial charge in [0.1, 0.15) is 0 Å². The Labute approximate surface area is 101 Å². The van der Waals surface area contributed by atoms with Crippen molar-refractivity contribution in [1.29, 1.82) is 0 Å². The molecule has 3 rings (SSSR count). The van der Waals surface area contributed by atoms with Crippen molar-refractivity contribution in [1.82, 2.24) is 9.72 Å². The molecule has 0 unspecified atom stereocenters. The van der Waals surface area contributed by atoms with E-state index in [1.807, 2.05) is 29.0 Å². The van der Waals surface area contributed by atoms with Gasteiger partial charge in [-0.3, -0.25) is 4.79 Å². The Morgan fingerprint density at radius 3 is 3.12 bits per heavy atom. The van der Waals surface area contributed by atoms with Gasteiger partial charge in [-0.1, -0.05) is 5.16 Å². The van der Waals surface area contributed by atoms with Gasteiger partial charge in [-0.15, -0.1) is 11.3 Å². The van der Waals surface area contributed by atoms with Crippen LogP contribution in [0.5, 0.6) is 0 Å². The summed E-state index contributed by atoms with van der Waals surface area (Å²) in [6.45, 7) is 2.48. The molecule has 17 heavy (non-hydrogen) atoms. The summed E-state index contributed by atoms with van der Waals surface area (Å²) in [5, 5.41) is 5.78. The molecule has 86 valence electrons. The Morgan fingerprint density at radius 2 is 2.35 bits per heavy atom. The fraction of sp³-hybridized carbons (Fsp3) is 0.167. The molecule has 0 N–H and O–H groups in total. The minimum atomic E-state index is 0.0694. The molecule has 0 fully saturated rings. The average Bonchev–Trinajstić information content (AvgIpc) is 2.92. The normalized spacial score (nSPS) is 11.1. The van der Waals surface area contributed by atoms with E-state index in [4.69, 9.17) is 4.52 Å². The van der Waals surface area contributed by atoms with Gasteiger partial charge in [-0.05, 0) is 18.4 Å². The van der Waals surface area contributed by atoms with E-state index >= 15 is 0 Å². The largest absolute Gasteiger partial charge is 0.359 e. The molecular formula is C12H10N2O2S. The number of thiophene rings is 1. The van der Waals surface area contributed by atoms with Crippen molar-refractivity contribution in [2.75, 3.05) is 0 Å². The van der Waals surface area contributed by atoms with Crippen LogP contribution in [0.25, 0.3) is 10.2 Å². The van der Waals surface area contributed by atoms with E-state index in [1.165, 1.54) is 11.3 Å². The topological polar surface area (TPSA) is 48.0 Å². The van der Waals surface area contributed by atoms with Crippen LogP contribution in [0, 0.1) is 6.92 Å². The van der Waals surface area contributed by atoms with Crippen LogP contribution < -0.4 is 5.43 Å². The van der Waals surface area contributed by atoms with Crippen LogP contribution >= 0.6 is 11.3 Å². The van der Waals surface area contributed by atoms with E-state index in [1.54, 1.807) is 12.3 Å². The fourth-order valence-electron chi connectivity index (χ4n) is 1.82. The zero-order chi connectivity index (χ0) is 11.8. The molecule has 0 radical (unpaired) electrons. The monoisotopic (exact) mass is 246 g/mol. The van der Waals surface area contributed by atoms with Gasteiger partial charge < -0.3 is 9.09 Å². The van der Waals surface area contributed by atoms with Crippen LogP contribution in [-0.4, -0.2) is 9.72 Å². The van der Waals surface area contributed by atoms with Crippen molar-refractivity contribution < 1.29 is 4.52 Å². The Hall–Kier alpha value is -1.88. The first-order valence-corrected chi connectivity index (χ1v) is 6.11. The number of nitrogens with zero attached hydrogens (tertiary/aromatic N) is 2. The molecule has 5 heteroatoms. The predicted molar refractivity (Wildman–Crippen MR) is 66.4 cm³/mol. The quantitative estimate of drug-likeness (QED) is 0.697. The third-order valence-electron chi connectivity index (χ3n) is 2.59. The van der Waals surface area contributed by atoms with E-state index in [9.17, 15) is 4.79 Å². The first kappa shape index (κ1) is 10.3. The minimum absolute atomic E-state index is 0.0694. The molecule has 3 heterocycles.